The number of aromatic nitrogens is 1. The van der Waals surface area contributed by atoms with Gasteiger partial charge in [-0.1, -0.05) is 80.0 Å². The molecule has 36 heavy (non-hydrogen) atoms. The molecule has 0 fully saturated rings. The van der Waals surface area contributed by atoms with Gasteiger partial charge in [0.15, 0.2) is 6.61 Å². The van der Waals surface area contributed by atoms with Gasteiger partial charge in [0.25, 0.3) is 5.91 Å². The molecule has 3 aromatic carbocycles. The molecule has 0 aliphatic carbocycles. The second-order valence-corrected chi connectivity index (χ2v) is 9.41. The fraction of sp³-hybridized carbons (Fsp3) is 0.241. The lowest BCUT2D eigenvalue weighted by Gasteiger charge is -2.24. The number of carbonyl (C=O) groups excluding carboxylic acids is 2. The minimum Gasteiger partial charge on any atom is -0.484 e. The molecule has 2 amide bonds. The summed E-state index contributed by atoms with van der Waals surface area (Å²) < 4.78 is 5.53. The third-order valence-corrected chi connectivity index (χ3v) is 6.48. The number of hydrogen-bond donors (Lipinski definition) is 3. The number of amides is 2. The van der Waals surface area contributed by atoms with Crippen LogP contribution in [0.15, 0.2) is 85.1 Å². The molecule has 1 aromatic heterocycles. The van der Waals surface area contributed by atoms with Crippen LogP contribution in [0.1, 0.15) is 30.9 Å². The zero-order valence-corrected chi connectivity index (χ0v) is 21.1. The van der Waals surface area contributed by atoms with E-state index in [4.69, 9.17) is 16.3 Å². The van der Waals surface area contributed by atoms with Crippen LogP contribution in [0.4, 0.5) is 0 Å². The summed E-state index contributed by atoms with van der Waals surface area (Å²) in [6.45, 7) is 3.95. The highest BCUT2D eigenvalue weighted by Crippen LogP contribution is 2.34. The van der Waals surface area contributed by atoms with Gasteiger partial charge in [-0.25, -0.2) is 0 Å². The summed E-state index contributed by atoms with van der Waals surface area (Å²) >= 11 is 6.58. The topological polar surface area (TPSA) is 83.2 Å². The molecule has 6 nitrogen and oxygen atoms in total. The van der Waals surface area contributed by atoms with E-state index >= 15 is 0 Å². The number of hydrogen-bond acceptors (Lipinski definition) is 3. The van der Waals surface area contributed by atoms with E-state index < -0.39 is 6.04 Å². The van der Waals surface area contributed by atoms with Gasteiger partial charge in [-0.05, 0) is 41.3 Å². The van der Waals surface area contributed by atoms with E-state index in [1.165, 1.54) is 0 Å². The molecule has 7 heteroatoms. The van der Waals surface area contributed by atoms with Crippen LogP contribution >= 0.6 is 11.6 Å². The molecule has 0 spiro atoms. The maximum Gasteiger partial charge on any atom is 0.258 e. The molecular weight excluding hydrogens is 474 g/mol. The predicted molar refractivity (Wildman–Crippen MR) is 143 cm³/mol. The molecule has 0 radical (unpaired) electrons. The molecule has 0 bridgehead atoms. The number of benzene rings is 3. The number of H-pyrrole nitrogens is 1. The Balaban J connectivity index is 1.48. The SMILES string of the molecule is CC(C)[C@@H](NC(=O)COc1ccccc1)C(=O)NC[C@H](c1ccccc1Cl)c1c[nH]c2ccccc12. The van der Waals surface area contributed by atoms with Crippen molar-refractivity contribution in [1.29, 1.82) is 0 Å². The number of nitrogens with one attached hydrogen (secondary N) is 3. The molecule has 4 aromatic rings. The maximum atomic E-state index is 13.2. The van der Waals surface area contributed by atoms with Crippen molar-refractivity contribution in [2.24, 2.45) is 5.92 Å². The second-order valence-electron chi connectivity index (χ2n) is 9.00. The van der Waals surface area contributed by atoms with E-state index in [0.717, 1.165) is 22.0 Å². The summed E-state index contributed by atoms with van der Waals surface area (Å²) in [5.74, 6) is -0.303. The summed E-state index contributed by atoms with van der Waals surface area (Å²) in [7, 11) is 0. The molecule has 0 aliphatic rings. The van der Waals surface area contributed by atoms with Gasteiger partial charge in [-0.2, -0.15) is 0 Å². The van der Waals surface area contributed by atoms with Gasteiger partial charge >= 0.3 is 0 Å². The van der Waals surface area contributed by atoms with E-state index in [-0.39, 0.29) is 30.3 Å². The lowest BCUT2D eigenvalue weighted by molar-refractivity contribution is -0.131. The number of rotatable bonds is 10. The largest absolute Gasteiger partial charge is 0.484 e. The highest BCUT2D eigenvalue weighted by atomic mass is 35.5. The fourth-order valence-corrected chi connectivity index (χ4v) is 4.52. The predicted octanol–water partition coefficient (Wildman–Crippen LogP) is 5.29. The number of para-hydroxylation sites is 2. The van der Waals surface area contributed by atoms with Crippen LogP contribution in [0, 0.1) is 5.92 Å². The first-order valence-electron chi connectivity index (χ1n) is 12.0. The zero-order valence-electron chi connectivity index (χ0n) is 20.3. The van der Waals surface area contributed by atoms with Crippen molar-refractivity contribution in [3.05, 3.63) is 101 Å². The van der Waals surface area contributed by atoms with E-state index in [2.05, 4.69) is 21.7 Å². The normalized spacial score (nSPS) is 12.8. The van der Waals surface area contributed by atoms with Crippen LogP contribution < -0.4 is 15.4 Å². The van der Waals surface area contributed by atoms with Crippen molar-refractivity contribution in [2.45, 2.75) is 25.8 Å². The van der Waals surface area contributed by atoms with Crippen LogP contribution in [0.5, 0.6) is 5.75 Å². The number of aromatic amines is 1. The second kappa shape index (κ2) is 11.8. The van der Waals surface area contributed by atoms with Gasteiger partial charge in [0.1, 0.15) is 11.8 Å². The summed E-state index contributed by atoms with van der Waals surface area (Å²) in [5, 5.41) is 7.58. The average Bonchev–Trinajstić information content (AvgIpc) is 3.31. The summed E-state index contributed by atoms with van der Waals surface area (Å²) in [5.41, 5.74) is 2.98. The molecule has 1 heterocycles. The Labute approximate surface area is 216 Å². The van der Waals surface area contributed by atoms with Crippen molar-refractivity contribution >= 4 is 34.3 Å². The van der Waals surface area contributed by atoms with Crippen molar-refractivity contribution in [3.63, 3.8) is 0 Å². The molecule has 0 unspecified atom stereocenters. The van der Waals surface area contributed by atoms with Gasteiger partial charge in [0.2, 0.25) is 5.91 Å². The van der Waals surface area contributed by atoms with Crippen LogP contribution in [-0.2, 0) is 9.59 Å². The average molecular weight is 504 g/mol. The zero-order chi connectivity index (χ0) is 25.5. The first kappa shape index (κ1) is 25.3. The molecule has 3 N–H and O–H groups in total. The highest BCUT2D eigenvalue weighted by molar-refractivity contribution is 6.31. The third kappa shape index (κ3) is 6.07. The van der Waals surface area contributed by atoms with Gasteiger partial charge in [-0.15, -0.1) is 0 Å². The van der Waals surface area contributed by atoms with E-state index in [1.807, 2.05) is 80.7 Å². The van der Waals surface area contributed by atoms with E-state index in [0.29, 0.717) is 17.3 Å². The minimum absolute atomic E-state index is 0.113. The van der Waals surface area contributed by atoms with Crippen molar-refractivity contribution in [2.75, 3.05) is 13.2 Å². The van der Waals surface area contributed by atoms with E-state index in [1.54, 1.807) is 12.1 Å². The lowest BCUT2D eigenvalue weighted by atomic mass is 9.90. The summed E-state index contributed by atoms with van der Waals surface area (Å²) in [6, 6.07) is 24.1. The third-order valence-electron chi connectivity index (χ3n) is 6.14. The van der Waals surface area contributed by atoms with Gasteiger partial charge in [-0.3, -0.25) is 9.59 Å². The van der Waals surface area contributed by atoms with Crippen LogP contribution in [0.3, 0.4) is 0 Å². The Morgan fingerprint density at radius 1 is 0.917 bits per heavy atom. The van der Waals surface area contributed by atoms with Gasteiger partial charge < -0.3 is 20.4 Å². The Hall–Kier alpha value is -3.77. The number of fused-ring (bicyclic) bond motifs is 1. The Bertz CT molecular complexity index is 1320. The molecule has 186 valence electrons. The highest BCUT2D eigenvalue weighted by Gasteiger charge is 2.27. The minimum atomic E-state index is -0.702. The summed E-state index contributed by atoms with van der Waals surface area (Å²) in [6.07, 6.45) is 1.97. The fourth-order valence-electron chi connectivity index (χ4n) is 4.26. The van der Waals surface area contributed by atoms with Crippen LogP contribution in [-0.4, -0.2) is 36.0 Å². The first-order chi connectivity index (χ1) is 17.4. The Morgan fingerprint density at radius 2 is 1.61 bits per heavy atom. The maximum absolute atomic E-state index is 13.2. The molecule has 0 saturated carbocycles. The molecular formula is C29H30ClN3O3. The monoisotopic (exact) mass is 503 g/mol. The Morgan fingerprint density at radius 3 is 2.36 bits per heavy atom. The van der Waals surface area contributed by atoms with Crippen LogP contribution in [0.2, 0.25) is 5.02 Å². The lowest BCUT2D eigenvalue weighted by Crippen LogP contribution is -2.51. The molecule has 0 saturated heterocycles. The van der Waals surface area contributed by atoms with Crippen molar-refractivity contribution in [3.8, 4) is 5.75 Å². The number of halogens is 1. The van der Waals surface area contributed by atoms with Crippen molar-refractivity contribution in [1.82, 2.24) is 15.6 Å². The molecule has 4 rings (SSSR count). The van der Waals surface area contributed by atoms with Crippen molar-refractivity contribution < 1.29 is 14.3 Å². The quantitative estimate of drug-likeness (QED) is 0.275. The smallest absolute Gasteiger partial charge is 0.258 e. The molecule has 2 atom stereocenters. The number of ether oxygens (including phenoxy) is 1. The number of carbonyl (C=O) groups is 2. The van der Waals surface area contributed by atoms with Gasteiger partial charge in [0, 0.05) is 34.6 Å². The summed E-state index contributed by atoms with van der Waals surface area (Å²) in [4.78, 5) is 29.1. The Kier molecular flexibility index (Phi) is 8.28. The van der Waals surface area contributed by atoms with Crippen LogP contribution in [0.25, 0.3) is 10.9 Å². The first-order valence-corrected chi connectivity index (χ1v) is 12.4. The van der Waals surface area contributed by atoms with E-state index in [9.17, 15) is 9.59 Å². The standard InChI is InChI=1S/C29H30ClN3O3/c1-19(2)28(33-27(34)18-36-20-10-4-3-5-11-20)29(35)32-17-23(21-12-6-8-14-25(21)30)24-16-31-26-15-9-7-13-22(24)26/h3-16,19,23,28,31H,17-18H2,1-2H3,(H,32,35)(H,33,34)/t23-,28-/m1/s1. The molecule has 0 aliphatic heterocycles. The van der Waals surface area contributed by atoms with Gasteiger partial charge in [0.05, 0.1) is 0 Å².